The highest BCUT2D eigenvalue weighted by Crippen LogP contribution is 2.65. The molecule has 0 aromatic carbocycles. The number of esters is 1. The summed E-state index contributed by atoms with van der Waals surface area (Å²) in [4.78, 5) is 16.4. The van der Waals surface area contributed by atoms with Crippen molar-refractivity contribution in [3.63, 3.8) is 0 Å². The zero-order chi connectivity index (χ0) is 25.8. The first-order chi connectivity index (χ1) is 16.5. The maximum Gasteiger partial charge on any atom is 0.376 e. The van der Waals surface area contributed by atoms with Crippen molar-refractivity contribution in [3.8, 4) is 0 Å². The minimum absolute atomic E-state index is 0.212. The van der Waals surface area contributed by atoms with E-state index >= 15 is 0 Å². The average molecular weight is 508 g/mol. The molecule has 0 N–H and O–H groups in total. The van der Waals surface area contributed by atoms with Crippen LogP contribution in [0.5, 0.6) is 0 Å². The van der Waals surface area contributed by atoms with Gasteiger partial charge < -0.3 is 13.8 Å². The van der Waals surface area contributed by atoms with Crippen molar-refractivity contribution in [1.29, 1.82) is 0 Å². The SMILES string of the molecule is CC(=O)O[C@H](c1cccnc1)P(=O)(O[C@@H]1C[C@H](C(C)C)CC[C@H]1C)O[C@@H]1C[C@H](C(C)C)CC[C@@H]1C. The van der Waals surface area contributed by atoms with Gasteiger partial charge in [0.05, 0.1) is 12.2 Å². The summed E-state index contributed by atoms with van der Waals surface area (Å²) >= 11 is 0. The van der Waals surface area contributed by atoms with Gasteiger partial charge >= 0.3 is 13.6 Å². The van der Waals surface area contributed by atoms with Crippen LogP contribution in [-0.4, -0.2) is 23.2 Å². The molecule has 1 unspecified atom stereocenters. The van der Waals surface area contributed by atoms with Gasteiger partial charge in [-0.15, -0.1) is 0 Å². The molecule has 2 saturated carbocycles. The van der Waals surface area contributed by atoms with Crippen LogP contribution in [0.4, 0.5) is 0 Å². The fraction of sp³-hybridized carbons (Fsp3) is 0.786. The number of hydrogen-bond acceptors (Lipinski definition) is 6. The second-order valence-corrected chi connectivity index (χ2v) is 13.6. The van der Waals surface area contributed by atoms with E-state index in [0.717, 1.165) is 38.5 Å². The lowest BCUT2D eigenvalue weighted by Crippen LogP contribution is -2.35. The molecule has 7 heteroatoms. The molecule has 8 atom stereocenters. The highest BCUT2D eigenvalue weighted by atomic mass is 31.2. The van der Waals surface area contributed by atoms with Crippen LogP contribution in [0.3, 0.4) is 0 Å². The van der Waals surface area contributed by atoms with Gasteiger partial charge in [0.1, 0.15) is 0 Å². The summed E-state index contributed by atoms with van der Waals surface area (Å²) in [5, 5.41) is 0. The molecule has 198 valence electrons. The van der Waals surface area contributed by atoms with Gasteiger partial charge in [-0.25, -0.2) is 0 Å². The van der Waals surface area contributed by atoms with E-state index in [4.69, 9.17) is 13.8 Å². The van der Waals surface area contributed by atoms with Gasteiger partial charge in [0.2, 0.25) is 5.85 Å². The zero-order valence-electron chi connectivity index (χ0n) is 22.7. The molecule has 1 heterocycles. The highest BCUT2D eigenvalue weighted by molar-refractivity contribution is 7.54. The summed E-state index contributed by atoms with van der Waals surface area (Å²) in [7, 11) is -3.91. The van der Waals surface area contributed by atoms with Gasteiger partial charge in [-0.2, -0.15) is 0 Å². The Balaban J connectivity index is 1.97. The largest absolute Gasteiger partial charge is 0.444 e. The molecule has 0 spiro atoms. The van der Waals surface area contributed by atoms with Crippen molar-refractivity contribution in [2.75, 3.05) is 0 Å². The monoisotopic (exact) mass is 507 g/mol. The van der Waals surface area contributed by atoms with E-state index in [1.54, 1.807) is 24.5 Å². The molecule has 0 amide bonds. The molecule has 2 fully saturated rings. The molecule has 35 heavy (non-hydrogen) atoms. The fourth-order valence-corrected chi connectivity index (χ4v) is 8.04. The summed E-state index contributed by atoms with van der Waals surface area (Å²) in [6.07, 6.45) is 8.82. The molecule has 2 aliphatic rings. The molecule has 6 nitrogen and oxygen atoms in total. The van der Waals surface area contributed by atoms with Crippen molar-refractivity contribution < 1.29 is 23.1 Å². The summed E-state index contributed by atoms with van der Waals surface area (Å²) < 4.78 is 33.7. The fourth-order valence-electron chi connectivity index (χ4n) is 5.63. The van der Waals surface area contributed by atoms with Crippen LogP contribution in [0, 0.1) is 35.5 Å². The number of hydrogen-bond donors (Lipinski definition) is 0. The lowest BCUT2D eigenvalue weighted by Gasteiger charge is -2.42. The number of ether oxygens (including phenoxy) is 1. The molecule has 0 bridgehead atoms. The third-order valence-electron chi connectivity index (χ3n) is 8.31. The third kappa shape index (κ3) is 7.40. The van der Waals surface area contributed by atoms with Crippen LogP contribution in [-0.2, 0) is 23.1 Å². The number of aromatic nitrogens is 1. The average Bonchev–Trinajstić information content (AvgIpc) is 2.80. The molecule has 0 radical (unpaired) electrons. The molecular formula is C28H46NO5P. The Kier molecular flexibility index (Phi) is 9.99. The molecule has 0 aliphatic heterocycles. The Bertz CT molecular complexity index is 822. The summed E-state index contributed by atoms with van der Waals surface area (Å²) in [5.74, 6) is 0.931. The maximum absolute atomic E-state index is 14.9. The van der Waals surface area contributed by atoms with Crippen molar-refractivity contribution in [2.45, 2.75) is 105 Å². The molecule has 1 aromatic rings. The van der Waals surface area contributed by atoms with E-state index in [2.05, 4.69) is 46.5 Å². The van der Waals surface area contributed by atoms with Crippen LogP contribution >= 0.6 is 7.60 Å². The van der Waals surface area contributed by atoms with E-state index in [1.807, 2.05) is 0 Å². The quantitative estimate of drug-likeness (QED) is 0.251. The molecule has 1 aromatic heterocycles. The zero-order valence-corrected chi connectivity index (χ0v) is 23.6. The lowest BCUT2D eigenvalue weighted by molar-refractivity contribution is -0.144. The highest BCUT2D eigenvalue weighted by Gasteiger charge is 2.48. The van der Waals surface area contributed by atoms with Crippen molar-refractivity contribution in [1.82, 2.24) is 4.98 Å². The molecule has 3 rings (SSSR count). The minimum atomic E-state index is -3.91. The first-order valence-corrected chi connectivity index (χ1v) is 15.1. The Labute approximate surface area is 212 Å². The van der Waals surface area contributed by atoms with Crippen LogP contribution in [0.15, 0.2) is 24.5 Å². The number of carbonyl (C=O) groups is 1. The van der Waals surface area contributed by atoms with Gasteiger partial charge in [0.25, 0.3) is 0 Å². The second-order valence-electron chi connectivity index (χ2n) is 11.7. The predicted octanol–water partition coefficient (Wildman–Crippen LogP) is 7.79. The number of pyridine rings is 1. The van der Waals surface area contributed by atoms with E-state index in [1.165, 1.54) is 6.92 Å². The normalized spacial score (nSPS) is 32.3. The van der Waals surface area contributed by atoms with E-state index in [0.29, 0.717) is 29.2 Å². The maximum atomic E-state index is 14.9. The standard InChI is InChI=1S/C28H46NO5P/c1-18(2)23-12-10-20(5)26(15-23)33-35(31,28(32-22(7)30)25-9-8-14-29-17-25)34-27-16-24(19(3)4)13-11-21(27)6/h8-9,14,17-21,23-24,26-28H,10-13,15-16H2,1-7H3/t20-,21+,23-,24-,26-,27-,28+,35?/m1/s1. The Morgan fingerprint density at radius 1 is 0.943 bits per heavy atom. The Hall–Kier alpha value is -1.23. The van der Waals surface area contributed by atoms with Gasteiger partial charge in [0, 0.05) is 24.9 Å². The van der Waals surface area contributed by atoms with Gasteiger partial charge in [-0.05, 0) is 80.1 Å². The molecule has 2 aliphatic carbocycles. The Morgan fingerprint density at radius 3 is 1.86 bits per heavy atom. The smallest absolute Gasteiger partial charge is 0.376 e. The predicted molar refractivity (Wildman–Crippen MR) is 139 cm³/mol. The molecular weight excluding hydrogens is 461 g/mol. The van der Waals surface area contributed by atoms with Crippen LogP contribution in [0.2, 0.25) is 0 Å². The van der Waals surface area contributed by atoms with Crippen molar-refractivity contribution in [3.05, 3.63) is 30.1 Å². The topological polar surface area (TPSA) is 74.7 Å². The summed E-state index contributed by atoms with van der Waals surface area (Å²) in [6.45, 7) is 14.6. The van der Waals surface area contributed by atoms with Crippen LogP contribution in [0.25, 0.3) is 0 Å². The van der Waals surface area contributed by atoms with E-state index in [9.17, 15) is 9.36 Å². The van der Waals surface area contributed by atoms with Crippen molar-refractivity contribution in [2.24, 2.45) is 35.5 Å². The van der Waals surface area contributed by atoms with Crippen LogP contribution < -0.4 is 0 Å². The van der Waals surface area contributed by atoms with Gasteiger partial charge in [-0.1, -0.05) is 47.6 Å². The second kappa shape index (κ2) is 12.3. The Morgan fingerprint density at radius 2 is 1.46 bits per heavy atom. The first-order valence-electron chi connectivity index (χ1n) is 13.5. The molecule has 0 saturated heterocycles. The van der Waals surface area contributed by atoms with E-state index < -0.39 is 19.4 Å². The summed E-state index contributed by atoms with van der Waals surface area (Å²) in [6, 6.07) is 3.54. The number of carbonyl (C=O) groups excluding carboxylic acids is 1. The summed E-state index contributed by atoms with van der Waals surface area (Å²) in [5.41, 5.74) is 0.541. The minimum Gasteiger partial charge on any atom is -0.444 e. The third-order valence-corrected chi connectivity index (χ3v) is 10.4. The van der Waals surface area contributed by atoms with Gasteiger partial charge in [0.15, 0.2) is 0 Å². The van der Waals surface area contributed by atoms with Gasteiger partial charge in [-0.3, -0.25) is 14.3 Å². The van der Waals surface area contributed by atoms with Crippen LogP contribution in [0.1, 0.15) is 98.4 Å². The van der Waals surface area contributed by atoms with E-state index in [-0.39, 0.29) is 24.0 Å². The number of nitrogens with zero attached hydrogens (tertiary/aromatic N) is 1. The number of rotatable bonds is 9. The first kappa shape index (κ1) is 28.3. The van der Waals surface area contributed by atoms with Crippen molar-refractivity contribution >= 4 is 13.6 Å². The lowest BCUT2D eigenvalue weighted by atomic mass is 9.76.